The first-order valence-corrected chi connectivity index (χ1v) is 15.4. The first-order valence-electron chi connectivity index (χ1n) is 15.4. The van der Waals surface area contributed by atoms with E-state index in [9.17, 15) is 0 Å². The van der Waals surface area contributed by atoms with Crippen molar-refractivity contribution in [3.8, 4) is 44.8 Å². The second-order valence-electron chi connectivity index (χ2n) is 12.4. The van der Waals surface area contributed by atoms with Gasteiger partial charge in [-0.1, -0.05) is 146 Å². The third-order valence-corrected chi connectivity index (χ3v) is 10.7. The highest BCUT2D eigenvalue weighted by Gasteiger charge is 2.58. The zero-order chi connectivity index (χ0) is 28.6. The second-order valence-corrected chi connectivity index (χ2v) is 12.4. The van der Waals surface area contributed by atoms with Crippen molar-refractivity contribution in [2.24, 2.45) is 0 Å². The normalized spacial score (nSPS) is 15.6. The summed E-state index contributed by atoms with van der Waals surface area (Å²) in [6.07, 6.45) is 0. The van der Waals surface area contributed by atoms with Gasteiger partial charge in [-0.25, -0.2) is 9.97 Å². The number of benzene rings is 6. The van der Waals surface area contributed by atoms with Crippen molar-refractivity contribution in [1.29, 1.82) is 0 Å². The molecule has 2 nitrogen and oxygen atoms in total. The third kappa shape index (κ3) is 2.31. The van der Waals surface area contributed by atoms with Gasteiger partial charge in [0, 0.05) is 11.1 Å². The Kier molecular flexibility index (Phi) is 3.99. The van der Waals surface area contributed by atoms with E-state index in [-0.39, 0.29) is 0 Å². The highest BCUT2D eigenvalue weighted by atomic mass is 14.9. The van der Waals surface area contributed by atoms with E-state index in [1.807, 2.05) is 0 Å². The fourth-order valence-corrected chi connectivity index (χ4v) is 9.18. The Morgan fingerprint density at radius 1 is 0.273 bits per heavy atom. The van der Waals surface area contributed by atoms with Crippen LogP contribution in [0.5, 0.6) is 0 Å². The molecule has 4 aliphatic carbocycles. The molecule has 11 rings (SSSR count). The van der Waals surface area contributed by atoms with Gasteiger partial charge in [0.05, 0.1) is 33.6 Å². The predicted molar refractivity (Wildman–Crippen MR) is 175 cm³/mol. The van der Waals surface area contributed by atoms with Crippen LogP contribution in [0.4, 0.5) is 0 Å². The predicted octanol–water partition coefficient (Wildman–Crippen LogP) is 9.16. The molecular formula is C42H24N2. The van der Waals surface area contributed by atoms with Crippen LogP contribution in [0.1, 0.15) is 44.8 Å². The molecule has 0 amide bonds. The number of aromatic nitrogens is 2. The van der Waals surface area contributed by atoms with Crippen LogP contribution in [0.3, 0.4) is 0 Å². The summed E-state index contributed by atoms with van der Waals surface area (Å²) in [5, 5.41) is 0. The van der Waals surface area contributed by atoms with Crippen molar-refractivity contribution < 1.29 is 0 Å². The van der Waals surface area contributed by atoms with E-state index in [1.54, 1.807) is 0 Å². The van der Waals surface area contributed by atoms with Crippen LogP contribution in [0, 0.1) is 0 Å². The lowest BCUT2D eigenvalue weighted by Crippen LogP contribution is -2.29. The Hall–Kier alpha value is -5.60. The van der Waals surface area contributed by atoms with Crippen LogP contribution < -0.4 is 0 Å². The molecule has 1 heterocycles. The van der Waals surface area contributed by atoms with Gasteiger partial charge < -0.3 is 0 Å². The third-order valence-electron chi connectivity index (χ3n) is 10.7. The first kappa shape index (κ1) is 22.9. The van der Waals surface area contributed by atoms with Gasteiger partial charge in [0.25, 0.3) is 0 Å². The fraction of sp³-hybridized carbons (Fsp3) is 0.0476. The maximum atomic E-state index is 5.83. The molecule has 0 fully saturated rings. The molecule has 0 saturated carbocycles. The van der Waals surface area contributed by atoms with Crippen molar-refractivity contribution in [3.05, 3.63) is 190 Å². The molecule has 202 valence electrons. The smallest absolute Gasteiger partial charge is 0.0941 e. The summed E-state index contributed by atoms with van der Waals surface area (Å²) >= 11 is 0. The van der Waals surface area contributed by atoms with E-state index in [0.29, 0.717) is 0 Å². The number of fused-ring (bicyclic) bond motifs is 20. The Labute approximate surface area is 255 Å². The summed E-state index contributed by atoms with van der Waals surface area (Å²) in [5.74, 6) is 0. The van der Waals surface area contributed by atoms with Gasteiger partial charge in [-0.05, 0) is 55.6 Å². The van der Waals surface area contributed by atoms with Crippen molar-refractivity contribution in [2.75, 3.05) is 0 Å². The van der Waals surface area contributed by atoms with Crippen molar-refractivity contribution >= 4 is 0 Å². The number of nitrogens with zero attached hydrogens (tertiary/aromatic N) is 2. The van der Waals surface area contributed by atoms with Crippen molar-refractivity contribution in [1.82, 2.24) is 9.97 Å². The molecule has 0 radical (unpaired) electrons. The van der Waals surface area contributed by atoms with Gasteiger partial charge in [0.1, 0.15) is 0 Å². The molecule has 4 aliphatic rings. The zero-order valence-corrected chi connectivity index (χ0v) is 23.8. The molecule has 0 unspecified atom stereocenters. The van der Waals surface area contributed by atoms with Crippen LogP contribution in [0.25, 0.3) is 44.8 Å². The SMILES string of the molecule is c1ccc2c(c1)-c1ccccc1C21c2ccccc2-c2nc3c(nc21)-c1ccccc1C31c2ccccc2-c2ccccc21. The Balaban J connectivity index is 1.33. The van der Waals surface area contributed by atoms with Gasteiger partial charge in [-0.15, -0.1) is 0 Å². The maximum absolute atomic E-state index is 5.83. The van der Waals surface area contributed by atoms with E-state index >= 15 is 0 Å². The average molecular weight is 557 g/mol. The Morgan fingerprint density at radius 3 is 0.795 bits per heavy atom. The molecule has 44 heavy (non-hydrogen) atoms. The zero-order valence-electron chi connectivity index (χ0n) is 23.8. The Morgan fingerprint density at radius 2 is 0.500 bits per heavy atom. The van der Waals surface area contributed by atoms with Crippen LogP contribution in [0.2, 0.25) is 0 Å². The molecule has 2 heteroatoms. The van der Waals surface area contributed by atoms with Crippen molar-refractivity contribution in [3.63, 3.8) is 0 Å². The molecule has 6 aromatic carbocycles. The highest BCUT2D eigenvalue weighted by molar-refractivity contribution is 5.97. The van der Waals surface area contributed by atoms with Gasteiger partial charge in [-0.3, -0.25) is 0 Å². The fourth-order valence-electron chi connectivity index (χ4n) is 9.18. The van der Waals surface area contributed by atoms with Crippen LogP contribution in [0.15, 0.2) is 146 Å². The summed E-state index contributed by atoms with van der Waals surface area (Å²) in [5.41, 5.74) is 18.2. The monoisotopic (exact) mass is 556 g/mol. The molecular weight excluding hydrogens is 532 g/mol. The lowest BCUT2D eigenvalue weighted by atomic mass is 9.72. The van der Waals surface area contributed by atoms with Gasteiger partial charge in [-0.2, -0.15) is 0 Å². The van der Waals surface area contributed by atoms with Gasteiger partial charge in [0.15, 0.2) is 0 Å². The molecule has 7 aromatic rings. The molecule has 0 bridgehead atoms. The van der Waals surface area contributed by atoms with Crippen LogP contribution in [-0.2, 0) is 10.8 Å². The maximum Gasteiger partial charge on any atom is 0.0941 e. The molecule has 2 spiro atoms. The van der Waals surface area contributed by atoms with Gasteiger partial charge >= 0.3 is 0 Å². The minimum Gasteiger partial charge on any atom is -0.247 e. The molecule has 0 N–H and O–H groups in total. The lowest BCUT2D eigenvalue weighted by molar-refractivity contribution is 0.733. The minimum atomic E-state index is -0.517. The van der Waals surface area contributed by atoms with Gasteiger partial charge in [0.2, 0.25) is 0 Å². The number of hydrogen-bond acceptors (Lipinski definition) is 2. The van der Waals surface area contributed by atoms with Crippen molar-refractivity contribution in [2.45, 2.75) is 10.8 Å². The molecule has 0 aliphatic heterocycles. The Bertz CT molecular complexity index is 2150. The lowest BCUT2D eigenvalue weighted by Gasteiger charge is -2.30. The summed E-state index contributed by atoms with van der Waals surface area (Å²) in [4.78, 5) is 11.7. The standard InChI is InChI=1S/C42H24N2/c1-7-19-31-25(13-1)26-14-2-8-20-32(26)41(31)35-23-11-5-17-29(35)37-39(41)43-38-30-18-6-12-24-36(30)42(40(38)44-37)33-21-9-3-15-27(33)28-16-4-10-22-34(28)42/h1-24H. The quantitative estimate of drug-likeness (QED) is 0.186. The number of hydrogen-bond donors (Lipinski definition) is 0. The van der Waals surface area contributed by atoms with Crippen LogP contribution >= 0.6 is 0 Å². The van der Waals surface area contributed by atoms with E-state index in [1.165, 1.54) is 66.8 Å². The average Bonchev–Trinajstić information content (AvgIpc) is 3.76. The second kappa shape index (κ2) is 7.67. The highest BCUT2D eigenvalue weighted by Crippen LogP contribution is 2.66. The van der Waals surface area contributed by atoms with E-state index in [4.69, 9.17) is 9.97 Å². The van der Waals surface area contributed by atoms with E-state index in [0.717, 1.165) is 22.8 Å². The molecule has 0 saturated heterocycles. The summed E-state index contributed by atoms with van der Waals surface area (Å²) in [6.45, 7) is 0. The van der Waals surface area contributed by atoms with Crippen LogP contribution in [-0.4, -0.2) is 9.97 Å². The first-order chi connectivity index (χ1) is 21.8. The summed E-state index contributed by atoms with van der Waals surface area (Å²) < 4.78 is 0. The topological polar surface area (TPSA) is 25.8 Å². The van der Waals surface area contributed by atoms with E-state index in [2.05, 4.69) is 146 Å². The summed E-state index contributed by atoms with van der Waals surface area (Å²) in [7, 11) is 0. The molecule has 0 atom stereocenters. The number of rotatable bonds is 0. The van der Waals surface area contributed by atoms with E-state index < -0.39 is 10.8 Å². The molecule has 1 aromatic heterocycles. The minimum absolute atomic E-state index is 0.517. The summed E-state index contributed by atoms with van der Waals surface area (Å²) in [6, 6.07) is 53.3. The largest absolute Gasteiger partial charge is 0.247 e.